The summed E-state index contributed by atoms with van der Waals surface area (Å²) in [5.41, 5.74) is 2.18. The molecule has 0 amide bonds. The molecule has 2 N–H and O–H groups in total. The molecule has 1 aliphatic heterocycles. The minimum atomic E-state index is -0.489. The summed E-state index contributed by atoms with van der Waals surface area (Å²) in [7, 11) is 4.01. The summed E-state index contributed by atoms with van der Waals surface area (Å²) < 4.78 is 11.7. The molecule has 138 valence electrons. The highest BCUT2D eigenvalue weighted by Crippen LogP contribution is 2.29. The largest absolute Gasteiger partial charge is 0.489 e. The molecule has 0 spiro atoms. The maximum Gasteiger partial charge on any atom is 0.271 e. The molecule has 1 heterocycles. The van der Waals surface area contributed by atoms with Crippen molar-refractivity contribution in [2.75, 3.05) is 32.1 Å². The van der Waals surface area contributed by atoms with Crippen molar-refractivity contribution in [2.24, 2.45) is 0 Å². The van der Waals surface area contributed by atoms with E-state index in [4.69, 9.17) is 21.1 Å². The van der Waals surface area contributed by atoms with E-state index in [1.54, 1.807) is 0 Å². The van der Waals surface area contributed by atoms with Gasteiger partial charge in [-0.15, -0.1) is 0 Å². The van der Waals surface area contributed by atoms with Crippen LogP contribution in [0, 0.1) is 10.1 Å². The maximum atomic E-state index is 10.7. The molecule has 1 saturated heterocycles. The van der Waals surface area contributed by atoms with Crippen molar-refractivity contribution < 1.29 is 19.7 Å². The summed E-state index contributed by atoms with van der Waals surface area (Å²) in [6.07, 6.45) is -0.146. The zero-order chi connectivity index (χ0) is 18.7. The first-order chi connectivity index (χ1) is 12.4. The van der Waals surface area contributed by atoms with Gasteiger partial charge in [0.1, 0.15) is 25.0 Å². The molecule has 3 rings (SSSR count). The number of anilines is 1. The third-order valence-corrected chi connectivity index (χ3v) is 4.54. The number of rotatable bonds is 6. The fourth-order valence-electron chi connectivity index (χ4n) is 2.78. The first-order valence-corrected chi connectivity index (χ1v) is 8.64. The SMILES string of the molecule is CN(C)c1ccc([C@@H]2[NH2+]C[C@@H](COc3ccc([N+](=O)[O-])cc3Cl)O2)cc1. The van der Waals surface area contributed by atoms with Gasteiger partial charge in [0.2, 0.25) is 6.23 Å². The van der Waals surface area contributed by atoms with Gasteiger partial charge in [0.05, 0.1) is 9.95 Å². The maximum absolute atomic E-state index is 10.7. The minimum absolute atomic E-state index is 0.0611. The smallest absolute Gasteiger partial charge is 0.271 e. The normalized spacial score (nSPS) is 19.3. The van der Waals surface area contributed by atoms with Crippen molar-refractivity contribution in [3.8, 4) is 5.75 Å². The Morgan fingerprint density at radius 2 is 2.04 bits per heavy atom. The van der Waals surface area contributed by atoms with Gasteiger partial charge >= 0.3 is 0 Å². The number of nitrogens with zero attached hydrogens (tertiary/aromatic N) is 2. The van der Waals surface area contributed by atoms with Crippen LogP contribution in [0.3, 0.4) is 0 Å². The van der Waals surface area contributed by atoms with Crippen molar-refractivity contribution >= 4 is 23.0 Å². The number of nitrogens with two attached hydrogens (primary N) is 1. The predicted molar refractivity (Wildman–Crippen MR) is 98.8 cm³/mol. The first kappa shape index (κ1) is 18.4. The molecule has 1 aliphatic rings. The van der Waals surface area contributed by atoms with Crippen molar-refractivity contribution in [1.29, 1.82) is 0 Å². The average Bonchev–Trinajstić information content (AvgIpc) is 3.09. The highest BCUT2D eigenvalue weighted by molar-refractivity contribution is 6.32. The van der Waals surface area contributed by atoms with E-state index in [0.29, 0.717) is 12.4 Å². The summed E-state index contributed by atoms with van der Waals surface area (Å²) in [5, 5.41) is 13.1. The number of halogens is 1. The van der Waals surface area contributed by atoms with Crippen LogP contribution < -0.4 is 15.0 Å². The minimum Gasteiger partial charge on any atom is -0.489 e. The standard InChI is InChI=1S/C18H20ClN3O4/c1-21(2)13-5-3-12(4-6-13)18-20-10-15(26-18)11-25-17-8-7-14(22(23)24)9-16(17)19/h3-9,15,18,20H,10-11H2,1-2H3/p+1/t15-,18+/m0/s1. The van der Waals surface area contributed by atoms with E-state index in [9.17, 15) is 10.1 Å². The fourth-order valence-corrected chi connectivity index (χ4v) is 3.01. The van der Waals surface area contributed by atoms with Gasteiger partial charge in [0, 0.05) is 37.5 Å². The highest BCUT2D eigenvalue weighted by atomic mass is 35.5. The van der Waals surface area contributed by atoms with Crippen LogP contribution in [-0.4, -0.2) is 38.3 Å². The van der Waals surface area contributed by atoms with Gasteiger partial charge in [-0.1, -0.05) is 11.6 Å². The molecule has 0 aliphatic carbocycles. The number of non-ortho nitro benzene ring substituents is 1. The summed E-state index contributed by atoms with van der Waals surface area (Å²) in [5.74, 6) is 0.416. The molecular weight excluding hydrogens is 358 g/mol. The van der Waals surface area contributed by atoms with Crippen LogP contribution in [0.5, 0.6) is 5.75 Å². The van der Waals surface area contributed by atoms with E-state index in [0.717, 1.165) is 17.8 Å². The van der Waals surface area contributed by atoms with Crippen LogP contribution in [-0.2, 0) is 4.74 Å². The van der Waals surface area contributed by atoms with Gasteiger partial charge in [0.15, 0.2) is 0 Å². The van der Waals surface area contributed by atoms with E-state index >= 15 is 0 Å². The molecule has 26 heavy (non-hydrogen) atoms. The van der Waals surface area contributed by atoms with Crippen LogP contribution >= 0.6 is 11.6 Å². The second-order valence-electron chi connectivity index (χ2n) is 6.32. The lowest BCUT2D eigenvalue weighted by molar-refractivity contribution is -0.697. The number of benzene rings is 2. The van der Waals surface area contributed by atoms with Crippen LogP contribution in [0.2, 0.25) is 5.02 Å². The molecule has 8 heteroatoms. The Balaban J connectivity index is 1.55. The Bertz CT molecular complexity index is 783. The number of quaternary nitrogens is 1. The van der Waals surface area contributed by atoms with Crippen LogP contribution in [0.15, 0.2) is 42.5 Å². The van der Waals surface area contributed by atoms with Gasteiger partial charge in [-0.2, -0.15) is 0 Å². The molecule has 2 aromatic carbocycles. The van der Waals surface area contributed by atoms with Gasteiger partial charge in [-0.3, -0.25) is 10.1 Å². The third kappa shape index (κ3) is 4.24. The third-order valence-electron chi connectivity index (χ3n) is 4.24. The molecule has 0 aromatic heterocycles. The van der Waals surface area contributed by atoms with Crippen molar-refractivity contribution in [2.45, 2.75) is 12.3 Å². The van der Waals surface area contributed by atoms with Crippen molar-refractivity contribution in [3.63, 3.8) is 0 Å². The zero-order valence-corrected chi connectivity index (χ0v) is 15.3. The Morgan fingerprint density at radius 3 is 2.65 bits per heavy atom. The molecule has 2 atom stereocenters. The quantitative estimate of drug-likeness (QED) is 0.616. The van der Waals surface area contributed by atoms with Crippen LogP contribution in [0.25, 0.3) is 0 Å². The molecule has 1 fully saturated rings. The molecule has 0 bridgehead atoms. The van der Waals surface area contributed by atoms with Crippen LogP contribution in [0.1, 0.15) is 11.8 Å². The first-order valence-electron chi connectivity index (χ1n) is 8.27. The number of nitro groups is 1. The number of nitro benzene ring substituents is 1. The topological polar surface area (TPSA) is 81.5 Å². The molecule has 0 unspecified atom stereocenters. The lowest BCUT2D eigenvalue weighted by Gasteiger charge is -2.14. The highest BCUT2D eigenvalue weighted by Gasteiger charge is 2.30. The van der Waals surface area contributed by atoms with Gasteiger partial charge in [0.25, 0.3) is 5.69 Å². The summed E-state index contributed by atoms with van der Waals surface area (Å²) in [6.45, 7) is 1.10. The van der Waals surface area contributed by atoms with Crippen LogP contribution in [0.4, 0.5) is 11.4 Å². The number of hydrogen-bond donors (Lipinski definition) is 1. The lowest BCUT2D eigenvalue weighted by atomic mass is 10.2. The monoisotopic (exact) mass is 378 g/mol. The Labute approximate surface area is 156 Å². The van der Waals surface area contributed by atoms with Crippen molar-refractivity contribution in [1.82, 2.24) is 0 Å². The molecule has 7 nitrogen and oxygen atoms in total. The zero-order valence-electron chi connectivity index (χ0n) is 14.6. The summed E-state index contributed by atoms with van der Waals surface area (Å²) in [6, 6.07) is 12.4. The lowest BCUT2D eigenvalue weighted by Crippen LogP contribution is -2.82. The Kier molecular flexibility index (Phi) is 5.61. The number of ether oxygens (including phenoxy) is 2. The van der Waals surface area contributed by atoms with Gasteiger partial charge < -0.3 is 19.7 Å². The van der Waals surface area contributed by atoms with Gasteiger partial charge in [-0.25, -0.2) is 0 Å². The Morgan fingerprint density at radius 1 is 1.31 bits per heavy atom. The van der Waals surface area contributed by atoms with E-state index in [-0.39, 0.29) is 23.0 Å². The van der Waals surface area contributed by atoms with E-state index in [1.165, 1.54) is 18.2 Å². The van der Waals surface area contributed by atoms with E-state index < -0.39 is 4.92 Å². The molecular formula is C18H21ClN3O4+. The number of hydrogen-bond acceptors (Lipinski definition) is 5. The van der Waals surface area contributed by atoms with E-state index in [1.807, 2.05) is 19.0 Å². The molecule has 2 aromatic rings. The summed E-state index contributed by atoms with van der Waals surface area (Å²) >= 11 is 6.04. The van der Waals surface area contributed by atoms with Crippen molar-refractivity contribution in [3.05, 3.63) is 63.2 Å². The predicted octanol–water partition coefficient (Wildman–Crippen LogP) is 2.35. The summed E-state index contributed by atoms with van der Waals surface area (Å²) in [4.78, 5) is 12.3. The van der Waals surface area contributed by atoms with E-state index in [2.05, 4.69) is 29.6 Å². The Hall–Kier alpha value is -2.35. The average molecular weight is 379 g/mol. The second-order valence-corrected chi connectivity index (χ2v) is 6.73. The molecule has 0 saturated carbocycles. The van der Waals surface area contributed by atoms with Gasteiger partial charge in [-0.05, 0) is 30.3 Å². The second kappa shape index (κ2) is 7.90. The molecule has 0 radical (unpaired) electrons. The fraction of sp³-hybridized carbons (Fsp3) is 0.333.